The van der Waals surface area contributed by atoms with E-state index in [-0.39, 0.29) is 16.9 Å². The van der Waals surface area contributed by atoms with E-state index < -0.39 is 10.0 Å². The summed E-state index contributed by atoms with van der Waals surface area (Å²) in [6, 6.07) is 4.42. The molecule has 1 aromatic rings. The molecule has 0 radical (unpaired) electrons. The van der Waals surface area contributed by atoms with Crippen LogP contribution in [0, 0.1) is 5.92 Å². The van der Waals surface area contributed by atoms with Gasteiger partial charge in [-0.25, -0.2) is 13.1 Å². The van der Waals surface area contributed by atoms with Crippen molar-refractivity contribution >= 4 is 15.7 Å². The summed E-state index contributed by atoms with van der Waals surface area (Å²) in [5, 5.41) is 0. The Morgan fingerprint density at radius 2 is 2.29 bits per heavy atom. The van der Waals surface area contributed by atoms with Crippen molar-refractivity contribution in [3.05, 3.63) is 18.2 Å². The van der Waals surface area contributed by atoms with Gasteiger partial charge in [-0.3, -0.25) is 0 Å². The number of benzene rings is 1. The highest BCUT2D eigenvalue weighted by atomic mass is 32.2. The van der Waals surface area contributed by atoms with Gasteiger partial charge in [0.05, 0.1) is 13.2 Å². The number of nitrogens with one attached hydrogen (secondary N) is 1. The number of nitrogens with two attached hydrogens (primary N) is 1. The van der Waals surface area contributed by atoms with Gasteiger partial charge < -0.3 is 15.2 Å². The second kappa shape index (κ2) is 6.64. The van der Waals surface area contributed by atoms with E-state index in [1.165, 1.54) is 6.07 Å². The molecule has 6 nitrogen and oxygen atoms in total. The van der Waals surface area contributed by atoms with Gasteiger partial charge in [0.25, 0.3) is 0 Å². The van der Waals surface area contributed by atoms with Crippen molar-refractivity contribution in [2.24, 2.45) is 5.92 Å². The molecule has 1 heterocycles. The molecule has 1 aliphatic heterocycles. The van der Waals surface area contributed by atoms with Gasteiger partial charge in [-0.2, -0.15) is 0 Å². The third-order valence-corrected chi connectivity index (χ3v) is 5.15. The summed E-state index contributed by atoms with van der Waals surface area (Å²) in [7, 11) is -3.68. The molecule has 0 spiro atoms. The summed E-state index contributed by atoms with van der Waals surface area (Å²) in [6.45, 7) is 5.30. The molecule has 7 heteroatoms. The molecule has 2 unspecified atom stereocenters. The average molecular weight is 314 g/mol. The Balaban J connectivity index is 2.23. The zero-order chi connectivity index (χ0) is 15.5. The Hall–Kier alpha value is -1.31. The molecular weight excluding hydrogens is 292 g/mol. The van der Waals surface area contributed by atoms with E-state index in [4.69, 9.17) is 15.2 Å². The maximum Gasteiger partial charge on any atom is 0.244 e. The van der Waals surface area contributed by atoms with Gasteiger partial charge in [0.1, 0.15) is 10.6 Å². The first-order valence-electron chi connectivity index (χ1n) is 7.06. The van der Waals surface area contributed by atoms with E-state index >= 15 is 0 Å². The second-order valence-electron chi connectivity index (χ2n) is 5.17. The normalized spacial score (nSPS) is 20.4. The van der Waals surface area contributed by atoms with Gasteiger partial charge in [-0.05, 0) is 38.5 Å². The summed E-state index contributed by atoms with van der Waals surface area (Å²) in [4.78, 5) is 0.0788. The Morgan fingerprint density at radius 3 is 2.90 bits per heavy atom. The molecule has 3 N–H and O–H groups in total. The molecule has 1 aliphatic rings. The topological polar surface area (TPSA) is 90.7 Å². The van der Waals surface area contributed by atoms with Crippen molar-refractivity contribution in [3.63, 3.8) is 0 Å². The highest BCUT2D eigenvalue weighted by molar-refractivity contribution is 7.89. The van der Waals surface area contributed by atoms with E-state index in [1.54, 1.807) is 19.1 Å². The van der Waals surface area contributed by atoms with E-state index in [1.807, 2.05) is 6.92 Å². The van der Waals surface area contributed by atoms with Gasteiger partial charge >= 0.3 is 0 Å². The lowest BCUT2D eigenvalue weighted by molar-refractivity contribution is 0.180. The third-order valence-electron chi connectivity index (χ3n) is 3.57. The first kappa shape index (κ1) is 16.1. The Labute approximate surface area is 125 Å². The first-order chi connectivity index (χ1) is 9.94. The number of hydrogen-bond donors (Lipinski definition) is 2. The number of rotatable bonds is 6. The minimum absolute atomic E-state index is 0.0788. The highest BCUT2D eigenvalue weighted by Crippen LogP contribution is 2.27. The number of ether oxygens (including phenoxy) is 2. The van der Waals surface area contributed by atoms with Crippen molar-refractivity contribution < 1.29 is 17.9 Å². The fraction of sp³-hybridized carbons (Fsp3) is 0.571. The Kier molecular flexibility index (Phi) is 5.08. The molecule has 1 fully saturated rings. The fourth-order valence-electron chi connectivity index (χ4n) is 2.36. The van der Waals surface area contributed by atoms with Crippen LogP contribution < -0.4 is 15.2 Å². The SMILES string of the molecule is CCOc1ccc(N)cc1S(=O)(=O)NC(C)C1CCOC1. The van der Waals surface area contributed by atoms with Gasteiger partial charge in [-0.15, -0.1) is 0 Å². The van der Waals surface area contributed by atoms with Crippen molar-refractivity contribution in [1.82, 2.24) is 4.72 Å². The van der Waals surface area contributed by atoms with Crippen LogP contribution in [0.1, 0.15) is 20.3 Å². The van der Waals surface area contributed by atoms with Crippen LogP contribution in [0.2, 0.25) is 0 Å². The largest absolute Gasteiger partial charge is 0.492 e. The monoisotopic (exact) mass is 314 g/mol. The second-order valence-corrected chi connectivity index (χ2v) is 6.86. The summed E-state index contributed by atoms with van der Waals surface area (Å²) >= 11 is 0. The van der Waals surface area contributed by atoms with Gasteiger partial charge in [0.15, 0.2) is 0 Å². The van der Waals surface area contributed by atoms with Crippen LogP contribution >= 0.6 is 0 Å². The van der Waals surface area contributed by atoms with Crippen LogP contribution in [-0.4, -0.2) is 34.3 Å². The van der Waals surface area contributed by atoms with E-state index in [0.717, 1.165) is 6.42 Å². The lowest BCUT2D eigenvalue weighted by Crippen LogP contribution is -2.38. The van der Waals surface area contributed by atoms with Crippen LogP contribution in [0.4, 0.5) is 5.69 Å². The van der Waals surface area contributed by atoms with E-state index in [9.17, 15) is 8.42 Å². The maximum atomic E-state index is 12.6. The van der Waals surface area contributed by atoms with E-state index in [0.29, 0.717) is 31.3 Å². The molecule has 0 bridgehead atoms. The zero-order valence-electron chi connectivity index (χ0n) is 12.3. The first-order valence-corrected chi connectivity index (χ1v) is 8.54. The van der Waals surface area contributed by atoms with Crippen LogP contribution in [0.15, 0.2) is 23.1 Å². The van der Waals surface area contributed by atoms with Crippen LogP contribution in [0.3, 0.4) is 0 Å². The summed E-state index contributed by atoms with van der Waals surface area (Å²) in [5.74, 6) is 0.505. The van der Waals surface area contributed by atoms with Gasteiger partial charge in [0.2, 0.25) is 10.0 Å². The van der Waals surface area contributed by atoms with Crippen molar-refractivity contribution in [2.45, 2.75) is 31.2 Å². The number of nitrogen functional groups attached to an aromatic ring is 1. The summed E-state index contributed by atoms with van der Waals surface area (Å²) < 4.78 is 38.5. The molecule has 1 aromatic carbocycles. The zero-order valence-corrected chi connectivity index (χ0v) is 13.2. The Bertz CT molecular complexity index is 583. The summed E-state index contributed by atoms with van der Waals surface area (Å²) in [5.41, 5.74) is 6.09. The molecule has 118 valence electrons. The minimum Gasteiger partial charge on any atom is -0.492 e. The smallest absolute Gasteiger partial charge is 0.244 e. The number of hydrogen-bond acceptors (Lipinski definition) is 5. The molecule has 0 amide bonds. The predicted octanol–water partition coefficient (Wildman–Crippen LogP) is 1.37. The molecule has 21 heavy (non-hydrogen) atoms. The molecule has 2 rings (SSSR count). The molecule has 2 atom stereocenters. The molecule has 0 saturated carbocycles. The number of anilines is 1. The quantitative estimate of drug-likeness (QED) is 0.774. The van der Waals surface area contributed by atoms with E-state index in [2.05, 4.69) is 4.72 Å². The van der Waals surface area contributed by atoms with Gasteiger partial charge in [0, 0.05) is 24.3 Å². The molecule has 0 aliphatic carbocycles. The lowest BCUT2D eigenvalue weighted by Gasteiger charge is -2.20. The molecule has 0 aromatic heterocycles. The van der Waals surface area contributed by atoms with Crippen LogP contribution in [0.25, 0.3) is 0 Å². The Morgan fingerprint density at radius 1 is 1.52 bits per heavy atom. The average Bonchev–Trinajstić information content (AvgIpc) is 2.94. The highest BCUT2D eigenvalue weighted by Gasteiger charge is 2.28. The fourth-order valence-corrected chi connectivity index (χ4v) is 3.85. The molecule has 1 saturated heterocycles. The van der Waals surface area contributed by atoms with Crippen molar-refractivity contribution in [2.75, 3.05) is 25.6 Å². The minimum atomic E-state index is -3.68. The number of sulfonamides is 1. The van der Waals surface area contributed by atoms with Gasteiger partial charge in [-0.1, -0.05) is 0 Å². The van der Waals surface area contributed by atoms with Crippen molar-refractivity contribution in [1.29, 1.82) is 0 Å². The molecular formula is C14H22N2O4S. The van der Waals surface area contributed by atoms with Crippen LogP contribution in [0.5, 0.6) is 5.75 Å². The predicted molar refractivity (Wildman–Crippen MR) is 80.7 cm³/mol. The standard InChI is InChI=1S/C14H22N2O4S/c1-3-20-13-5-4-12(15)8-14(13)21(17,18)16-10(2)11-6-7-19-9-11/h4-5,8,10-11,16H,3,6-7,9,15H2,1-2H3. The third kappa shape index (κ3) is 3.87. The maximum absolute atomic E-state index is 12.6. The van der Waals surface area contributed by atoms with Crippen LogP contribution in [-0.2, 0) is 14.8 Å². The summed E-state index contributed by atoms with van der Waals surface area (Å²) in [6.07, 6.45) is 0.860. The lowest BCUT2D eigenvalue weighted by atomic mass is 10.0. The van der Waals surface area contributed by atoms with Crippen molar-refractivity contribution in [3.8, 4) is 5.75 Å².